The standard InChI is InChI=1S/C4H7NO/c1-3-5-6-4-2/h3-4H,2H2,1H3. The Balaban J connectivity index is 2.85. The highest BCUT2D eigenvalue weighted by atomic mass is 16.6. The second kappa shape index (κ2) is 4.21. The summed E-state index contributed by atoms with van der Waals surface area (Å²) in [6, 6.07) is 0. The van der Waals surface area contributed by atoms with Gasteiger partial charge in [-0.05, 0) is 6.92 Å². The van der Waals surface area contributed by atoms with E-state index in [9.17, 15) is 0 Å². The van der Waals surface area contributed by atoms with Crippen molar-refractivity contribution in [1.29, 1.82) is 0 Å². The van der Waals surface area contributed by atoms with E-state index in [4.69, 9.17) is 0 Å². The van der Waals surface area contributed by atoms with Crippen molar-refractivity contribution in [3.8, 4) is 0 Å². The van der Waals surface area contributed by atoms with Crippen molar-refractivity contribution in [2.75, 3.05) is 0 Å². The monoisotopic (exact) mass is 85.1 g/mol. The van der Waals surface area contributed by atoms with Crippen LogP contribution in [0.5, 0.6) is 0 Å². The molecule has 0 aromatic rings. The first-order valence-corrected chi connectivity index (χ1v) is 1.66. The van der Waals surface area contributed by atoms with E-state index in [0.717, 1.165) is 0 Å². The van der Waals surface area contributed by atoms with Gasteiger partial charge < -0.3 is 4.84 Å². The van der Waals surface area contributed by atoms with Gasteiger partial charge in [0.1, 0.15) is 6.26 Å². The van der Waals surface area contributed by atoms with Gasteiger partial charge in [0.2, 0.25) is 0 Å². The van der Waals surface area contributed by atoms with Crippen molar-refractivity contribution in [2.45, 2.75) is 6.92 Å². The topological polar surface area (TPSA) is 21.6 Å². The molecular weight excluding hydrogens is 78.0 g/mol. The predicted octanol–water partition coefficient (Wildman–Crippen LogP) is 1.15. The largest absolute Gasteiger partial charge is 0.366 e. The van der Waals surface area contributed by atoms with E-state index >= 15 is 0 Å². The molecule has 0 aliphatic heterocycles. The fraction of sp³-hybridized carbons (Fsp3) is 0.250. The lowest BCUT2D eigenvalue weighted by molar-refractivity contribution is 0.271. The number of hydrogen-bond acceptors (Lipinski definition) is 2. The normalized spacial score (nSPS) is 8.83. The van der Waals surface area contributed by atoms with Gasteiger partial charge in [-0.25, -0.2) is 0 Å². The molecule has 0 N–H and O–H groups in total. The van der Waals surface area contributed by atoms with E-state index in [0.29, 0.717) is 0 Å². The molecule has 0 heterocycles. The molecule has 0 aliphatic carbocycles. The van der Waals surface area contributed by atoms with Crippen LogP contribution in [-0.4, -0.2) is 6.21 Å². The van der Waals surface area contributed by atoms with Crippen molar-refractivity contribution < 1.29 is 4.84 Å². The molecule has 2 heteroatoms. The molecule has 34 valence electrons. The molecule has 0 fully saturated rings. The molecule has 0 saturated heterocycles. The fourth-order valence-electron chi connectivity index (χ4n) is 0.104. The smallest absolute Gasteiger partial charge is 0.114 e. The van der Waals surface area contributed by atoms with Gasteiger partial charge in [0.25, 0.3) is 0 Å². The van der Waals surface area contributed by atoms with Crippen LogP contribution in [0.15, 0.2) is 18.0 Å². The minimum absolute atomic E-state index is 1.26. The van der Waals surface area contributed by atoms with E-state index in [1.165, 1.54) is 6.26 Å². The van der Waals surface area contributed by atoms with Crippen LogP contribution in [0.4, 0.5) is 0 Å². The maximum absolute atomic E-state index is 4.32. The Morgan fingerprint density at radius 3 is 2.67 bits per heavy atom. The Morgan fingerprint density at radius 2 is 2.50 bits per heavy atom. The highest BCUT2D eigenvalue weighted by molar-refractivity contribution is 5.52. The van der Waals surface area contributed by atoms with Crippen molar-refractivity contribution in [1.82, 2.24) is 0 Å². The van der Waals surface area contributed by atoms with E-state index in [-0.39, 0.29) is 0 Å². The molecule has 0 bridgehead atoms. The lowest BCUT2D eigenvalue weighted by atomic mass is 10.9. The maximum Gasteiger partial charge on any atom is 0.114 e. The molecule has 6 heavy (non-hydrogen) atoms. The van der Waals surface area contributed by atoms with Crippen molar-refractivity contribution in [3.05, 3.63) is 12.8 Å². The van der Waals surface area contributed by atoms with Crippen LogP contribution in [0.2, 0.25) is 0 Å². The molecule has 0 unspecified atom stereocenters. The van der Waals surface area contributed by atoms with Gasteiger partial charge in [0.05, 0.1) is 0 Å². The molecule has 0 amide bonds. The number of rotatable bonds is 2. The van der Waals surface area contributed by atoms with Crippen LogP contribution in [0.3, 0.4) is 0 Å². The van der Waals surface area contributed by atoms with Gasteiger partial charge in [0.15, 0.2) is 0 Å². The fourth-order valence-corrected chi connectivity index (χ4v) is 0.104. The Hall–Kier alpha value is -0.790. The summed E-state index contributed by atoms with van der Waals surface area (Å²) in [5, 5.41) is 3.35. The van der Waals surface area contributed by atoms with E-state index in [2.05, 4.69) is 16.6 Å². The first-order valence-electron chi connectivity index (χ1n) is 1.66. The van der Waals surface area contributed by atoms with Crippen LogP contribution in [-0.2, 0) is 4.84 Å². The highest BCUT2D eigenvalue weighted by Gasteiger charge is 1.53. The Morgan fingerprint density at radius 1 is 1.83 bits per heavy atom. The summed E-state index contributed by atoms with van der Waals surface area (Å²) in [6.07, 6.45) is 2.81. The molecule has 2 nitrogen and oxygen atoms in total. The molecule has 0 radical (unpaired) electrons. The Bertz CT molecular complexity index is 58.6. The first kappa shape index (κ1) is 5.21. The summed E-state index contributed by atoms with van der Waals surface area (Å²) in [5.41, 5.74) is 0. The van der Waals surface area contributed by atoms with Crippen LogP contribution in [0.1, 0.15) is 6.92 Å². The van der Waals surface area contributed by atoms with Crippen LogP contribution >= 0.6 is 0 Å². The molecule has 0 atom stereocenters. The Kier molecular flexibility index (Phi) is 3.66. The van der Waals surface area contributed by atoms with Gasteiger partial charge in [-0.1, -0.05) is 11.7 Å². The zero-order valence-corrected chi connectivity index (χ0v) is 3.72. The van der Waals surface area contributed by atoms with Crippen molar-refractivity contribution in [2.24, 2.45) is 5.16 Å². The Labute approximate surface area is 37.1 Å². The zero-order valence-electron chi connectivity index (χ0n) is 3.72. The summed E-state index contributed by atoms with van der Waals surface area (Å²) in [7, 11) is 0. The molecule has 0 spiro atoms. The third kappa shape index (κ3) is 3.21. The van der Waals surface area contributed by atoms with Crippen LogP contribution in [0, 0.1) is 0 Å². The number of hydrogen-bond donors (Lipinski definition) is 0. The van der Waals surface area contributed by atoms with E-state index in [1.54, 1.807) is 13.1 Å². The summed E-state index contributed by atoms with van der Waals surface area (Å²) in [4.78, 5) is 4.32. The van der Waals surface area contributed by atoms with Gasteiger partial charge in [-0.2, -0.15) is 0 Å². The molecule has 0 aliphatic rings. The van der Waals surface area contributed by atoms with Gasteiger partial charge in [-0.3, -0.25) is 0 Å². The predicted molar refractivity (Wildman–Crippen MR) is 25.4 cm³/mol. The molecule has 0 aromatic carbocycles. The second-order valence-electron chi connectivity index (χ2n) is 0.636. The van der Waals surface area contributed by atoms with Gasteiger partial charge >= 0.3 is 0 Å². The van der Waals surface area contributed by atoms with E-state index < -0.39 is 0 Å². The first-order chi connectivity index (χ1) is 2.91. The van der Waals surface area contributed by atoms with Crippen LogP contribution in [0.25, 0.3) is 0 Å². The minimum Gasteiger partial charge on any atom is -0.366 e. The average molecular weight is 85.1 g/mol. The summed E-state index contributed by atoms with van der Waals surface area (Å²) >= 11 is 0. The van der Waals surface area contributed by atoms with Gasteiger partial charge in [-0.15, -0.1) is 0 Å². The quantitative estimate of drug-likeness (QED) is 0.280. The SMILES string of the molecule is C=CON=CC. The second-order valence-corrected chi connectivity index (χ2v) is 0.636. The van der Waals surface area contributed by atoms with E-state index in [1.807, 2.05) is 0 Å². The lowest BCUT2D eigenvalue weighted by Crippen LogP contribution is -1.61. The highest BCUT2D eigenvalue weighted by Crippen LogP contribution is 1.68. The van der Waals surface area contributed by atoms with Crippen LogP contribution < -0.4 is 0 Å². The molecular formula is C4H7NO. The van der Waals surface area contributed by atoms with Crippen molar-refractivity contribution in [3.63, 3.8) is 0 Å². The lowest BCUT2D eigenvalue weighted by Gasteiger charge is -1.77. The molecule has 0 rings (SSSR count). The molecule has 0 saturated carbocycles. The maximum atomic E-state index is 4.32. The van der Waals surface area contributed by atoms with Gasteiger partial charge in [0, 0.05) is 6.21 Å². The number of nitrogens with zero attached hydrogens (tertiary/aromatic N) is 1. The third-order valence-electron chi connectivity index (χ3n) is 0.241. The summed E-state index contributed by atoms with van der Waals surface area (Å²) in [6.45, 7) is 5.03. The molecule has 0 aromatic heterocycles. The van der Waals surface area contributed by atoms with Crippen molar-refractivity contribution >= 4 is 6.21 Å². The summed E-state index contributed by atoms with van der Waals surface area (Å²) in [5.74, 6) is 0. The minimum atomic E-state index is 1.26. The summed E-state index contributed by atoms with van der Waals surface area (Å²) < 4.78 is 0. The third-order valence-corrected chi connectivity index (χ3v) is 0.241. The average Bonchev–Trinajstić information content (AvgIpc) is 1.61. The number of oxime groups is 1. The zero-order chi connectivity index (χ0) is 4.83.